The molecule has 1 aliphatic rings. The van der Waals surface area contributed by atoms with Gasteiger partial charge in [0.2, 0.25) is 23.7 Å². The van der Waals surface area contributed by atoms with Crippen LogP contribution in [0.25, 0.3) is 11.2 Å². The van der Waals surface area contributed by atoms with Gasteiger partial charge in [0, 0.05) is 61.8 Å². The van der Waals surface area contributed by atoms with Crippen molar-refractivity contribution >= 4 is 64.2 Å². The predicted octanol–water partition coefficient (Wildman–Crippen LogP) is 0.288. The van der Waals surface area contributed by atoms with E-state index in [4.69, 9.17) is 14.2 Å². The van der Waals surface area contributed by atoms with Gasteiger partial charge in [-0.1, -0.05) is 13.8 Å². The van der Waals surface area contributed by atoms with Crippen LogP contribution in [-0.4, -0.2) is 118 Å². The number of carbonyl (C=O) groups is 7. The number of nitrogens with zero attached hydrogens (tertiary/aromatic N) is 4. The maximum Gasteiger partial charge on any atom is 0.328 e. The molecular weight excluding hydrogens is 772 g/mol. The molecule has 2 aromatic heterocycles. The molecule has 1 aromatic carbocycles. The highest BCUT2D eigenvalue weighted by Crippen LogP contribution is 2.14. The van der Waals surface area contributed by atoms with Gasteiger partial charge in [0.25, 0.3) is 23.3 Å². The van der Waals surface area contributed by atoms with E-state index in [9.17, 15) is 38.4 Å². The Bertz CT molecular complexity index is 2100. The molecule has 0 saturated heterocycles. The number of methoxy groups -OCH3 is 1. The fourth-order valence-electron chi connectivity index (χ4n) is 5.26. The fraction of sp³-hybridized carbons (Fsp3) is 0.447. The van der Waals surface area contributed by atoms with Gasteiger partial charge in [-0.3, -0.25) is 48.8 Å². The smallest absolute Gasteiger partial charge is 0.328 e. The number of hydrogen-bond acceptors (Lipinski definition) is 15. The summed E-state index contributed by atoms with van der Waals surface area (Å²) in [5, 5.41) is 13.6. The number of carbonyl (C=O) groups excluding carboxylic acids is 7. The normalized spacial score (nSPS) is 13.0. The third-order valence-corrected chi connectivity index (χ3v) is 8.52. The molecule has 0 spiro atoms. The first kappa shape index (κ1) is 45.1. The van der Waals surface area contributed by atoms with Gasteiger partial charge in [-0.05, 0) is 44.5 Å². The molecule has 3 heterocycles. The highest BCUT2D eigenvalue weighted by molar-refractivity contribution is 6.13. The molecule has 21 nitrogen and oxygen atoms in total. The monoisotopic (exact) mass is 820 g/mol. The van der Waals surface area contributed by atoms with Crippen LogP contribution in [-0.2, 0) is 49.5 Å². The fourth-order valence-corrected chi connectivity index (χ4v) is 5.26. The first-order valence-electron chi connectivity index (χ1n) is 18.7. The van der Waals surface area contributed by atoms with E-state index in [-0.39, 0.29) is 99.1 Å². The molecule has 0 fully saturated rings. The van der Waals surface area contributed by atoms with Crippen molar-refractivity contribution in [2.75, 3.05) is 50.6 Å². The van der Waals surface area contributed by atoms with E-state index in [1.54, 1.807) is 39.8 Å². The Morgan fingerprint density at radius 2 is 1.51 bits per heavy atom. The number of H-pyrrole nitrogens is 1. The molecule has 1 atom stereocenters. The molecule has 3 aromatic rings. The molecule has 0 aliphatic carbocycles. The summed E-state index contributed by atoms with van der Waals surface area (Å²) in [6, 6.07) is 5.25. The van der Waals surface area contributed by atoms with Crippen LogP contribution >= 0.6 is 0 Å². The summed E-state index contributed by atoms with van der Waals surface area (Å²) < 4.78 is 16.2. The molecule has 0 unspecified atom stereocenters. The van der Waals surface area contributed by atoms with E-state index in [1.165, 1.54) is 25.4 Å². The molecule has 0 radical (unpaired) electrons. The quantitative estimate of drug-likeness (QED) is 0.0344. The second-order valence-electron chi connectivity index (χ2n) is 13.8. The minimum absolute atomic E-state index is 0.000493. The summed E-state index contributed by atoms with van der Waals surface area (Å²) in [4.78, 5) is 114. The van der Waals surface area contributed by atoms with Crippen LogP contribution < -0.4 is 32.1 Å². The zero-order valence-electron chi connectivity index (χ0n) is 33.3. The van der Waals surface area contributed by atoms with E-state index < -0.39 is 47.0 Å². The number of rotatable bonds is 22. The van der Waals surface area contributed by atoms with Gasteiger partial charge >= 0.3 is 5.97 Å². The van der Waals surface area contributed by atoms with Gasteiger partial charge in [-0.15, -0.1) is 0 Å². The van der Waals surface area contributed by atoms with E-state index >= 15 is 0 Å². The molecule has 0 bridgehead atoms. The SMILES string of the molecule is COC(=O)[C@H](CCC(=O)NCCOC(C)(C)OCCNC(=O)CCN1C(=O)C=CC1=O)NC(=O)c1ccc(NCc2cnc3nc(NC(=O)C(C)C)[nH]c(=O)c3n2)cc1. The lowest BCUT2D eigenvalue weighted by atomic mass is 10.1. The van der Waals surface area contributed by atoms with E-state index in [2.05, 4.69) is 46.5 Å². The number of benzene rings is 1. The number of ether oxygens (including phenoxy) is 3. The second kappa shape index (κ2) is 21.2. The van der Waals surface area contributed by atoms with Crippen LogP contribution in [0, 0.1) is 5.92 Å². The van der Waals surface area contributed by atoms with E-state index in [1.807, 2.05) is 0 Å². The first-order valence-corrected chi connectivity index (χ1v) is 18.7. The van der Waals surface area contributed by atoms with Crippen LogP contribution in [0.1, 0.15) is 63.0 Å². The maximum absolute atomic E-state index is 13.0. The summed E-state index contributed by atoms with van der Waals surface area (Å²) in [7, 11) is 1.17. The highest BCUT2D eigenvalue weighted by atomic mass is 16.7. The predicted molar refractivity (Wildman–Crippen MR) is 210 cm³/mol. The Labute approximate surface area is 338 Å². The summed E-state index contributed by atoms with van der Waals surface area (Å²) in [5.41, 5.74) is 0.797. The number of amides is 6. The number of aromatic amines is 1. The number of imide groups is 1. The standard InChI is InChI=1S/C38H48N10O11/c1-22(2)33(53)46-37-45-32-31(35(55)47-37)43-25(21-42-32)20-41-24-8-6-23(7-9-24)34(54)44-26(36(56)57-5)10-11-27(49)39-15-18-58-38(3,4)59-19-16-40-28(50)14-17-48-29(51)12-13-30(48)52/h6-9,12-13,21-22,26,41H,10-11,14-20H2,1-5H3,(H,39,49)(H,40,50)(H,44,54)(H2,42,45,46,47,53,55)/t26-/m0/s1. The van der Waals surface area contributed by atoms with Gasteiger partial charge in [-0.2, -0.15) is 4.98 Å². The number of anilines is 2. The average molecular weight is 821 g/mol. The first-order chi connectivity index (χ1) is 28.0. The van der Waals surface area contributed by atoms with Gasteiger partial charge in [0.1, 0.15) is 6.04 Å². The molecule has 6 amide bonds. The van der Waals surface area contributed by atoms with Gasteiger partial charge in [0.15, 0.2) is 17.0 Å². The van der Waals surface area contributed by atoms with Crippen molar-refractivity contribution in [2.24, 2.45) is 5.92 Å². The Morgan fingerprint density at radius 3 is 2.12 bits per heavy atom. The zero-order valence-corrected chi connectivity index (χ0v) is 33.3. The maximum atomic E-state index is 13.0. The van der Waals surface area contributed by atoms with Crippen molar-refractivity contribution in [3.05, 3.63) is 64.2 Å². The topological polar surface area (TPSA) is 282 Å². The number of nitrogens with one attached hydrogen (secondary N) is 6. The summed E-state index contributed by atoms with van der Waals surface area (Å²) in [6.45, 7) is 7.41. The van der Waals surface area contributed by atoms with Crippen molar-refractivity contribution < 1.29 is 47.8 Å². The van der Waals surface area contributed by atoms with Gasteiger partial charge < -0.3 is 35.5 Å². The van der Waals surface area contributed by atoms with E-state index in [0.717, 1.165) is 17.1 Å². The minimum Gasteiger partial charge on any atom is -0.467 e. The molecule has 21 heteroatoms. The van der Waals surface area contributed by atoms with Crippen LogP contribution in [0.4, 0.5) is 11.6 Å². The van der Waals surface area contributed by atoms with Crippen molar-refractivity contribution in [3.8, 4) is 0 Å². The van der Waals surface area contributed by atoms with Crippen molar-refractivity contribution in [2.45, 2.75) is 65.3 Å². The lowest BCUT2D eigenvalue weighted by molar-refractivity contribution is -0.211. The van der Waals surface area contributed by atoms with E-state index in [0.29, 0.717) is 11.4 Å². The molecule has 59 heavy (non-hydrogen) atoms. The summed E-state index contributed by atoms with van der Waals surface area (Å²) in [5.74, 6) is -4.63. The van der Waals surface area contributed by atoms with Gasteiger partial charge in [-0.25, -0.2) is 14.8 Å². The Hall–Kier alpha value is -6.61. The Morgan fingerprint density at radius 1 is 0.881 bits per heavy atom. The molecule has 0 saturated carbocycles. The minimum atomic E-state index is -1.10. The van der Waals surface area contributed by atoms with Crippen molar-refractivity contribution in [3.63, 3.8) is 0 Å². The van der Waals surface area contributed by atoms with Crippen LogP contribution in [0.3, 0.4) is 0 Å². The second-order valence-corrected chi connectivity index (χ2v) is 13.8. The van der Waals surface area contributed by atoms with Crippen LogP contribution in [0.15, 0.2) is 47.4 Å². The number of hydrogen-bond donors (Lipinski definition) is 6. The van der Waals surface area contributed by atoms with Crippen molar-refractivity contribution in [1.82, 2.24) is 40.8 Å². The third kappa shape index (κ3) is 14.1. The zero-order chi connectivity index (χ0) is 43.1. The van der Waals surface area contributed by atoms with Crippen LogP contribution in [0.5, 0.6) is 0 Å². The summed E-state index contributed by atoms with van der Waals surface area (Å²) >= 11 is 0. The van der Waals surface area contributed by atoms with Crippen molar-refractivity contribution in [1.29, 1.82) is 0 Å². The van der Waals surface area contributed by atoms with Crippen LogP contribution in [0.2, 0.25) is 0 Å². The Balaban J connectivity index is 1.14. The average Bonchev–Trinajstić information content (AvgIpc) is 3.53. The number of aromatic nitrogens is 4. The highest BCUT2D eigenvalue weighted by Gasteiger charge is 2.25. The number of fused-ring (bicyclic) bond motifs is 1. The molecule has 4 rings (SSSR count). The summed E-state index contributed by atoms with van der Waals surface area (Å²) in [6.07, 6.45) is 3.57. The number of esters is 1. The molecule has 6 N–H and O–H groups in total. The Kier molecular flexibility index (Phi) is 16.2. The third-order valence-electron chi connectivity index (χ3n) is 8.52. The lowest BCUT2D eigenvalue weighted by Crippen LogP contribution is -2.42. The molecular formula is C38H48N10O11. The van der Waals surface area contributed by atoms with Gasteiger partial charge in [0.05, 0.1) is 38.8 Å². The lowest BCUT2D eigenvalue weighted by Gasteiger charge is -2.26. The molecule has 316 valence electrons. The molecule has 1 aliphatic heterocycles. The largest absolute Gasteiger partial charge is 0.467 e.